The summed E-state index contributed by atoms with van der Waals surface area (Å²) in [5.41, 5.74) is 5.64. The normalized spacial score (nSPS) is 11.4. The standard InChI is InChI=1S/C24H23N3O/c1-3-18-5-7-19(8-6-18)9-10-20-11-13-23-22(15-20)26-17-27(23)24-14-12-21(16-25-24)28-4-2/h5-17H,3-4H2,1-2H3/b10-9-. The Morgan fingerprint density at radius 3 is 2.39 bits per heavy atom. The summed E-state index contributed by atoms with van der Waals surface area (Å²) >= 11 is 0. The van der Waals surface area contributed by atoms with Crippen LogP contribution in [-0.2, 0) is 6.42 Å². The number of aryl methyl sites for hydroxylation is 1. The van der Waals surface area contributed by atoms with Crippen LogP contribution in [-0.4, -0.2) is 21.1 Å². The minimum Gasteiger partial charge on any atom is -0.492 e. The van der Waals surface area contributed by atoms with E-state index >= 15 is 0 Å². The minimum atomic E-state index is 0.633. The van der Waals surface area contributed by atoms with Gasteiger partial charge in [0.25, 0.3) is 0 Å². The van der Waals surface area contributed by atoms with Gasteiger partial charge in [0.15, 0.2) is 0 Å². The van der Waals surface area contributed by atoms with Gasteiger partial charge in [-0.25, -0.2) is 9.97 Å². The van der Waals surface area contributed by atoms with E-state index in [-0.39, 0.29) is 0 Å². The third-order valence-corrected chi connectivity index (χ3v) is 4.71. The van der Waals surface area contributed by atoms with Crippen LogP contribution in [0.15, 0.2) is 67.1 Å². The number of aromatic nitrogens is 3. The average molecular weight is 369 g/mol. The molecular weight excluding hydrogens is 346 g/mol. The molecule has 0 unspecified atom stereocenters. The van der Waals surface area contributed by atoms with Gasteiger partial charge in [-0.1, -0.05) is 49.4 Å². The SMILES string of the molecule is CCOc1ccc(-n2cnc3cc(/C=C\c4ccc(CC)cc4)ccc32)nc1. The summed E-state index contributed by atoms with van der Waals surface area (Å²) in [4.78, 5) is 9.04. The summed E-state index contributed by atoms with van der Waals surface area (Å²) < 4.78 is 7.45. The predicted molar refractivity (Wildman–Crippen MR) is 115 cm³/mol. The molecule has 0 N–H and O–H groups in total. The first-order valence-electron chi connectivity index (χ1n) is 9.60. The molecule has 2 aromatic heterocycles. The third-order valence-electron chi connectivity index (χ3n) is 4.71. The van der Waals surface area contributed by atoms with Crippen molar-refractivity contribution in [3.05, 3.63) is 83.8 Å². The van der Waals surface area contributed by atoms with Gasteiger partial charge in [-0.2, -0.15) is 0 Å². The Kier molecular flexibility index (Phi) is 5.20. The molecule has 28 heavy (non-hydrogen) atoms. The van der Waals surface area contributed by atoms with Gasteiger partial charge in [0.05, 0.1) is 23.8 Å². The molecule has 2 heterocycles. The van der Waals surface area contributed by atoms with Gasteiger partial charge in [-0.15, -0.1) is 0 Å². The lowest BCUT2D eigenvalue weighted by molar-refractivity contribution is 0.339. The van der Waals surface area contributed by atoms with Crippen LogP contribution in [0, 0.1) is 0 Å². The van der Waals surface area contributed by atoms with Crippen molar-refractivity contribution >= 4 is 23.2 Å². The number of fused-ring (bicyclic) bond motifs is 1. The average Bonchev–Trinajstić information content (AvgIpc) is 3.17. The van der Waals surface area contributed by atoms with Crippen molar-refractivity contribution in [1.29, 1.82) is 0 Å². The van der Waals surface area contributed by atoms with E-state index in [1.165, 1.54) is 11.1 Å². The molecule has 140 valence electrons. The van der Waals surface area contributed by atoms with Gasteiger partial charge in [0.2, 0.25) is 0 Å². The van der Waals surface area contributed by atoms with Crippen molar-refractivity contribution in [3.63, 3.8) is 0 Å². The molecule has 0 atom stereocenters. The number of hydrogen-bond donors (Lipinski definition) is 0. The zero-order valence-corrected chi connectivity index (χ0v) is 16.2. The van der Waals surface area contributed by atoms with Crippen molar-refractivity contribution in [1.82, 2.24) is 14.5 Å². The highest BCUT2D eigenvalue weighted by Gasteiger charge is 2.06. The molecule has 0 spiro atoms. The molecule has 0 aliphatic heterocycles. The van der Waals surface area contributed by atoms with Crippen molar-refractivity contribution in [2.75, 3.05) is 6.61 Å². The molecule has 4 rings (SSSR count). The van der Waals surface area contributed by atoms with Crippen molar-refractivity contribution in [2.24, 2.45) is 0 Å². The van der Waals surface area contributed by atoms with Crippen LogP contribution in [0.3, 0.4) is 0 Å². The predicted octanol–water partition coefficient (Wildman–Crippen LogP) is 5.55. The summed E-state index contributed by atoms with van der Waals surface area (Å²) in [5, 5.41) is 0. The zero-order chi connectivity index (χ0) is 19.3. The highest BCUT2D eigenvalue weighted by Crippen LogP contribution is 2.21. The van der Waals surface area contributed by atoms with E-state index < -0.39 is 0 Å². The number of ether oxygens (including phenoxy) is 1. The lowest BCUT2D eigenvalue weighted by atomic mass is 10.1. The number of imidazole rings is 1. The lowest BCUT2D eigenvalue weighted by Crippen LogP contribution is -1.97. The second-order valence-corrected chi connectivity index (χ2v) is 6.58. The smallest absolute Gasteiger partial charge is 0.138 e. The molecule has 0 amide bonds. The molecule has 0 aliphatic rings. The van der Waals surface area contributed by atoms with Gasteiger partial charge in [0, 0.05) is 0 Å². The second kappa shape index (κ2) is 8.09. The van der Waals surface area contributed by atoms with E-state index in [9.17, 15) is 0 Å². The molecule has 0 radical (unpaired) electrons. The van der Waals surface area contributed by atoms with Gasteiger partial charge < -0.3 is 4.74 Å². The summed E-state index contributed by atoms with van der Waals surface area (Å²) in [5.74, 6) is 1.60. The summed E-state index contributed by atoms with van der Waals surface area (Å²) in [6.07, 6.45) is 8.86. The summed E-state index contributed by atoms with van der Waals surface area (Å²) in [7, 11) is 0. The van der Waals surface area contributed by atoms with E-state index in [2.05, 4.69) is 71.5 Å². The fourth-order valence-corrected chi connectivity index (χ4v) is 3.14. The number of rotatable bonds is 6. The summed E-state index contributed by atoms with van der Waals surface area (Å²) in [6.45, 7) is 4.76. The van der Waals surface area contributed by atoms with E-state index in [1.54, 1.807) is 6.20 Å². The van der Waals surface area contributed by atoms with Crippen LogP contribution in [0.2, 0.25) is 0 Å². The molecule has 0 saturated heterocycles. The van der Waals surface area contributed by atoms with E-state index in [0.29, 0.717) is 6.61 Å². The van der Waals surface area contributed by atoms with Crippen molar-refractivity contribution in [3.8, 4) is 11.6 Å². The highest BCUT2D eigenvalue weighted by atomic mass is 16.5. The van der Waals surface area contributed by atoms with Gasteiger partial charge in [-0.3, -0.25) is 4.57 Å². The van der Waals surface area contributed by atoms with Crippen molar-refractivity contribution < 1.29 is 4.74 Å². The Morgan fingerprint density at radius 1 is 0.893 bits per heavy atom. The molecule has 0 fully saturated rings. The Hall–Kier alpha value is -3.40. The molecule has 0 bridgehead atoms. The number of pyridine rings is 1. The second-order valence-electron chi connectivity index (χ2n) is 6.58. The maximum Gasteiger partial charge on any atom is 0.138 e. The maximum absolute atomic E-state index is 5.46. The van der Waals surface area contributed by atoms with Crippen LogP contribution in [0.25, 0.3) is 29.0 Å². The molecule has 0 aliphatic carbocycles. The topological polar surface area (TPSA) is 39.9 Å². The third kappa shape index (κ3) is 3.81. The molecule has 4 heteroatoms. The Balaban J connectivity index is 1.57. The fraction of sp³-hybridized carbons (Fsp3) is 0.167. The summed E-state index contributed by atoms with van der Waals surface area (Å²) in [6, 6.07) is 18.8. The number of hydrogen-bond acceptors (Lipinski definition) is 3. The Labute approximate surface area is 165 Å². The first-order chi connectivity index (χ1) is 13.8. The number of benzene rings is 2. The molecule has 4 nitrogen and oxygen atoms in total. The van der Waals surface area contributed by atoms with Gasteiger partial charge >= 0.3 is 0 Å². The quantitative estimate of drug-likeness (QED) is 0.418. The Bertz CT molecular complexity index is 1090. The van der Waals surface area contributed by atoms with Crippen molar-refractivity contribution in [2.45, 2.75) is 20.3 Å². The van der Waals surface area contributed by atoms with Crippen LogP contribution < -0.4 is 4.74 Å². The maximum atomic E-state index is 5.46. The van der Waals surface area contributed by atoms with E-state index in [1.807, 2.05) is 30.0 Å². The fourth-order valence-electron chi connectivity index (χ4n) is 3.14. The first-order valence-corrected chi connectivity index (χ1v) is 9.60. The molecule has 0 saturated carbocycles. The monoisotopic (exact) mass is 369 g/mol. The van der Waals surface area contributed by atoms with Crippen LogP contribution in [0.5, 0.6) is 5.75 Å². The van der Waals surface area contributed by atoms with Gasteiger partial charge in [-0.05, 0) is 54.3 Å². The molecule has 4 aromatic rings. The number of nitrogens with zero attached hydrogens (tertiary/aromatic N) is 3. The lowest BCUT2D eigenvalue weighted by Gasteiger charge is -2.06. The first kappa shape index (κ1) is 18.0. The Morgan fingerprint density at radius 2 is 1.68 bits per heavy atom. The van der Waals surface area contributed by atoms with Crippen LogP contribution in [0.1, 0.15) is 30.5 Å². The molecular formula is C24H23N3O. The molecule has 2 aromatic carbocycles. The van der Waals surface area contributed by atoms with Crippen LogP contribution in [0.4, 0.5) is 0 Å². The zero-order valence-electron chi connectivity index (χ0n) is 16.2. The van der Waals surface area contributed by atoms with Crippen LogP contribution >= 0.6 is 0 Å². The van der Waals surface area contributed by atoms with Gasteiger partial charge in [0.1, 0.15) is 17.9 Å². The van der Waals surface area contributed by atoms with E-state index in [4.69, 9.17) is 4.74 Å². The highest BCUT2D eigenvalue weighted by molar-refractivity contribution is 5.82. The largest absolute Gasteiger partial charge is 0.492 e. The minimum absolute atomic E-state index is 0.633. The van der Waals surface area contributed by atoms with E-state index in [0.717, 1.165) is 34.6 Å².